The van der Waals surface area contributed by atoms with Gasteiger partial charge in [-0.2, -0.15) is 0 Å². The van der Waals surface area contributed by atoms with E-state index in [2.05, 4.69) is 0 Å². The minimum absolute atomic E-state index is 0. The third-order valence-corrected chi connectivity index (χ3v) is 0. The summed E-state index contributed by atoms with van der Waals surface area (Å²) < 4.78 is 34.1. The normalized spacial score (nSPS) is 5.27. The maximum atomic E-state index is 8.52. The molecule has 0 unspecified atom stereocenters. The predicted octanol–water partition coefficient (Wildman–Crippen LogP) is -0.531. The van der Waals surface area contributed by atoms with Crippen molar-refractivity contribution >= 4 is 10.4 Å². The van der Waals surface area contributed by atoms with Crippen LogP contribution in [0.4, 0.5) is 0 Å². The third-order valence-electron chi connectivity index (χ3n) is 0. The van der Waals surface area contributed by atoms with Crippen molar-refractivity contribution < 1.29 is 34.3 Å². The van der Waals surface area contributed by atoms with Gasteiger partial charge in [0, 0.05) is 10.4 Å². The van der Waals surface area contributed by atoms with Crippen LogP contribution < -0.4 is 30.8 Å². The maximum absolute atomic E-state index is 8.52. The fourth-order valence-corrected chi connectivity index (χ4v) is 0. The minimum atomic E-state index is -5.17. The summed E-state index contributed by atoms with van der Waals surface area (Å²) in [6, 6.07) is 0. The topological polar surface area (TPSA) is 255 Å². The molecule has 0 saturated heterocycles. The number of hydrogen-bond donors (Lipinski definition) is 5. The minimum Gasteiger partial charge on any atom is -0.759 e. The van der Waals surface area contributed by atoms with Crippen LogP contribution in [0.2, 0.25) is 0 Å². The molecule has 11 heavy (non-hydrogen) atoms. The van der Waals surface area contributed by atoms with Crippen molar-refractivity contribution in [2.45, 2.75) is 0 Å². The molecule has 0 spiro atoms. The SMILES string of the molecule is N.N.N.N.N.O=S(=O)([O-])[O-].[Co+3]. The van der Waals surface area contributed by atoms with Gasteiger partial charge in [0.15, 0.2) is 0 Å². The van der Waals surface area contributed by atoms with Gasteiger partial charge in [-0.05, 0) is 0 Å². The van der Waals surface area contributed by atoms with E-state index in [0.717, 1.165) is 0 Å². The number of hydrogen-bond acceptors (Lipinski definition) is 9. The Labute approximate surface area is 76.0 Å². The van der Waals surface area contributed by atoms with Gasteiger partial charge in [-0.25, -0.2) is 0 Å². The molecule has 0 aromatic carbocycles. The van der Waals surface area contributed by atoms with E-state index in [9.17, 15) is 0 Å². The Hall–Kier alpha value is 0.176. The zero-order valence-electron chi connectivity index (χ0n) is 5.91. The summed E-state index contributed by atoms with van der Waals surface area (Å²) in [6.45, 7) is 0. The molecule has 0 aliphatic carbocycles. The first-order chi connectivity index (χ1) is 2.00. The van der Waals surface area contributed by atoms with Gasteiger partial charge in [0.25, 0.3) is 0 Å². The quantitative estimate of drug-likeness (QED) is 0.268. The van der Waals surface area contributed by atoms with Crippen LogP contribution in [-0.2, 0) is 27.2 Å². The molecule has 0 atom stereocenters. The summed E-state index contributed by atoms with van der Waals surface area (Å²) in [7, 11) is -5.17. The monoisotopic (exact) mass is 240 g/mol. The van der Waals surface area contributed by atoms with Crippen molar-refractivity contribution in [3.63, 3.8) is 0 Å². The second-order valence-corrected chi connectivity index (χ2v) is 1.22. The van der Waals surface area contributed by atoms with Crippen LogP contribution in [0.25, 0.3) is 0 Å². The molecule has 0 aliphatic heterocycles. The second kappa shape index (κ2) is 22.5. The van der Waals surface area contributed by atoms with E-state index >= 15 is 0 Å². The molecule has 78 valence electrons. The van der Waals surface area contributed by atoms with Crippen LogP contribution in [0, 0.1) is 0 Å². The standard InChI is InChI=1S/Co.5H3N.H2O4S/c;;;;;;1-5(2,3)4/h;5*1H3;(H2,1,2,3,4)/q+3;;;;;;/p-2. The molecule has 0 bridgehead atoms. The van der Waals surface area contributed by atoms with Gasteiger partial charge in [0.05, 0.1) is 0 Å². The maximum Gasteiger partial charge on any atom is 3.00 e. The summed E-state index contributed by atoms with van der Waals surface area (Å²) in [5.41, 5.74) is 0. The van der Waals surface area contributed by atoms with Gasteiger partial charge >= 0.3 is 16.8 Å². The van der Waals surface area contributed by atoms with E-state index < -0.39 is 10.4 Å². The number of rotatable bonds is 0. The second-order valence-electron chi connectivity index (χ2n) is 0.408. The summed E-state index contributed by atoms with van der Waals surface area (Å²) >= 11 is 0. The van der Waals surface area contributed by atoms with E-state index in [4.69, 9.17) is 17.5 Å². The van der Waals surface area contributed by atoms with Crippen LogP contribution in [0.5, 0.6) is 0 Å². The summed E-state index contributed by atoms with van der Waals surface area (Å²) in [6.07, 6.45) is 0. The van der Waals surface area contributed by atoms with E-state index in [0.29, 0.717) is 0 Å². The van der Waals surface area contributed by atoms with Crippen molar-refractivity contribution in [2.24, 2.45) is 0 Å². The van der Waals surface area contributed by atoms with E-state index in [1.54, 1.807) is 0 Å². The van der Waals surface area contributed by atoms with Crippen LogP contribution >= 0.6 is 0 Å². The van der Waals surface area contributed by atoms with Crippen molar-refractivity contribution in [2.75, 3.05) is 0 Å². The molecule has 15 N–H and O–H groups in total. The molecule has 11 heteroatoms. The molecule has 0 amide bonds. The van der Waals surface area contributed by atoms with E-state index in [-0.39, 0.29) is 47.5 Å². The first-order valence-electron chi connectivity index (χ1n) is 0.667. The van der Waals surface area contributed by atoms with Gasteiger partial charge in [0.1, 0.15) is 0 Å². The molecule has 0 aromatic rings. The molecular formula is H15CoN5O4S+. The van der Waals surface area contributed by atoms with Gasteiger partial charge in [-0.15, -0.1) is 0 Å². The zero-order chi connectivity index (χ0) is 4.50. The molecule has 0 rings (SSSR count). The largest absolute Gasteiger partial charge is 3.00 e. The van der Waals surface area contributed by atoms with Gasteiger partial charge in [0.2, 0.25) is 0 Å². The van der Waals surface area contributed by atoms with Crippen molar-refractivity contribution in [3.8, 4) is 0 Å². The van der Waals surface area contributed by atoms with Crippen LogP contribution in [0.1, 0.15) is 0 Å². The summed E-state index contributed by atoms with van der Waals surface area (Å²) in [5.74, 6) is 0. The Balaban J connectivity index is -0.00000000533. The average Bonchev–Trinajstić information content (AvgIpc) is 0.722. The summed E-state index contributed by atoms with van der Waals surface area (Å²) in [5, 5.41) is 0. The zero-order valence-corrected chi connectivity index (χ0v) is 7.77. The van der Waals surface area contributed by atoms with Crippen LogP contribution in [-0.4, -0.2) is 17.5 Å². The van der Waals surface area contributed by atoms with Crippen LogP contribution in [0.3, 0.4) is 0 Å². The van der Waals surface area contributed by atoms with Gasteiger partial charge in [-0.3, -0.25) is 8.42 Å². The Morgan fingerprint density at radius 1 is 0.727 bits per heavy atom. The Bertz CT molecular complexity index is 102. The van der Waals surface area contributed by atoms with Gasteiger partial charge < -0.3 is 39.9 Å². The molecule has 0 saturated carbocycles. The fraction of sp³-hybridized carbons (Fsp3) is 0. The van der Waals surface area contributed by atoms with Crippen LogP contribution in [0.15, 0.2) is 0 Å². The fourth-order valence-electron chi connectivity index (χ4n) is 0. The molecule has 0 radical (unpaired) electrons. The third kappa shape index (κ3) is 21800. The Kier molecular flexibility index (Phi) is 136. The first-order valence-corrected chi connectivity index (χ1v) is 2.00. The van der Waals surface area contributed by atoms with Crippen molar-refractivity contribution in [1.82, 2.24) is 30.8 Å². The van der Waals surface area contributed by atoms with Gasteiger partial charge in [-0.1, -0.05) is 0 Å². The van der Waals surface area contributed by atoms with Crippen molar-refractivity contribution in [3.05, 3.63) is 0 Å². The molecule has 0 aromatic heterocycles. The van der Waals surface area contributed by atoms with E-state index in [1.165, 1.54) is 0 Å². The Morgan fingerprint density at radius 2 is 0.727 bits per heavy atom. The predicted molar refractivity (Wildman–Crippen MR) is 35.6 cm³/mol. The molecule has 0 aliphatic rings. The summed E-state index contributed by atoms with van der Waals surface area (Å²) in [4.78, 5) is 0. The van der Waals surface area contributed by atoms with Crippen molar-refractivity contribution in [1.29, 1.82) is 0 Å². The molecule has 0 heterocycles. The molecule has 9 nitrogen and oxygen atoms in total. The average molecular weight is 240 g/mol. The van der Waals surface area contributed by atoms with E-state index in [1.807, 2.05) is 0 Å². The smallest absolute Gasteiger partial charge is 0.759 e. The molecule has 0 fully saturated rings. The first kappa shape index (κ1) is 66.4. The Morgan fingerprint density at radius 3 is 0.727 bits per heavy atom. The molecular weight excluding hydrogens is 225 g/mol.